The molecule has 0 aliphatic heterocycles. The highest BCUT2D eigenvalue weighted by Gasteiger charge is 2.36. The van der Waals surface area contributed by atoms with Gasteiger partial charge in [-0.3, -0.25) is 0 Å². The van der Waals surface area contributed by atoms with Gasteiger partial charge in [0.1, 0.15) is 0 Å². The van der Waals surface area contributed by atoms with Gasteiger partial charge < -0.3 is 0 Å². The van der Waals surface area contributed by atoms with E-state index < -0.39 is 0 Å². The van der Waals surface area contributed by atoms with E-state index in [1.807, 2.05) is 0 Å². The van der Waals surface area contributed by atoms with Crippen LogP contribution in [0.15, 0.2) is 12.2 Å². The van der Waals surface area contributed by atoms with Gasteiger partial charge in [0.2, 0.25) is 0 Å². The summed E-state index contributed by atoms with van der Waals surface area (Å²) >= 11 is 0. The van der Waals surface area contributed by atoms with Crippen LogP contribution in [-0.4, -0.2) is 0 Å². The van der Waals surface area contributed by atoms with E-state index in [-0.39, 0.29) is 0 Å². The molecule has 2 atom stereocenters. The Morgan fingerprint density at radius 1 is 1.12 bits per heavy atom. The molecule has 0 aromatic rings. The van der Waals surface area contributed by atoms with Crippen molar-refractivity contribution in [2.75, 3.05) is 0 Å². The van der Waals surface area contributed by atoms with Crippen molar-refractivity contribution < 1.29 is 0 Å². The molecule has 0 saturated heterocycles. The molecule has 2 fully saturated rings. The number of fused-ring (bicyclic) bond motifs is 1. The first-order valence-electron chi connectivity index (χ1n) is 3.53. The number of rotatable bonds is 0. The SMILES string of the molecule is C=C1CC2CC[C@@H]2C1. The monoisotopic (exact) mass is 108 g/mol. The quantitative estimate of drug-likeness (QED) is 0.418. The van der Waals surface area contributed by atoms with Gasteiger partial charge in [-0.2, -0.15) is 0 Å². The van der Waals surface area contributed by atoms with Crippen LogP contribution < -0.4 is 0 Å². The molecule has 0 spiro atoms. The van der Waals surface area contributed by atoms with E-state index in [0.717, 1.165) is 11.8 Å². The fourth-order valence-corrected chi connectivity index (χ4v) is 2.00. The summed E-state index contributed by atoms with van der Waals surface area (Å²) in [6.07, 6.45) is 5.68. The van der Waals surface area contributed by atoms with Crippen LogP contribution in [0.4, 0.5) is 0 Å². The Bertz CT molecular complexity index is 110. The molecule has 0 heterocycles. The first-order chi connectivity index (χ1) is 3.86. The van der Waals surface area contributed by atoms with Crippen molar-refractivity contribution in [3.8, 4) is 0 Å². The Labute approximate surface area is 50.6 Å². The zero-order valence-electron chi connectivity index (χ0n) is 5.19. The normalized spacial score (nSPS) is 43.8. The van der Waals surface area contributed by atoms with Crippen molar-refractivity contribution >= 4 is 0 Å². The van der Waals surface area contributed by atoms with Crippen LogP contribution in [0.5, 0.6) is 0 Å². The molecule has 0 radical (unpaired) electrons. The summed E-state index contributed by atoms with van der Waals surface area (Å²) in [6, 6.07) is 0. The third-order valence-corrected chi connectivity index (χ3v) is 2.68. The minimum Gasteiger partial charge on any atom is -0.0998 e. The Balaban J connectivity index is 2.10. The number of hydrogen-bond acceptors (Lipinski definition) is 0. The lowest BCUT2D eigenvalue weighted by molar-refractivity contribution is 0.219. The smallest absolute Gasteiger partial charge is 0.0292 e. The third-order valence-electron chi connectivity index (χ3n) is 2.68. The van der Waals surface area contributed by atoms with E-state index in [1.54, 1.807) is 0 Å². The molecule has 0 aromatic carbocycles. The summed E-state index contributed by atoms with van der Waals surface area (Å²) < 4.78 is 0. The molecule has 0 amide bonds. The highest BCUT2D eigenvalue weighted by Crippen LogP contribution is 2.48. The minimum atomic E-state index is 1.07. The van der Waals surface area contributed by atoms with Gasteiger partial charge in [-0.05, 0) is 37.5 Å². The molecule has 2 aliphatic rings. The third kappa shape index (κ3) is 0.460. The molecule has 2 saturated carbocycles. The fourth-order valence-electron chi connectivity index (χ4n) is 2.00. The molecule has 0 bridgehead atoms. The standard InChI is InChI=1S/C8H12/c1-6-4-7-2-3-8(7)5-6/h7-8H,1-5H2/t7-,8?/m1/s1. The molecule has 0 nitrogen and oxygen atoms in total. The van der Waals surface area contributed by atoms with Gasteiger partial charge in [-0.25, -0.2) is 0 Å². The largest absolute Gasteiger partial charge is 0.0998 e. The lowest BCUT2D eigenvalue weighted by Crippen LogP contribution is -2.18. The lowest BCUT2D eigenvalue weighted by atomic mass is 9.77. The average molecular weight is 108 g/mol. The van der Waals surface area contributed by atoms with Gasteiger partial charge in [0.15, 0.2) is 0 Å². The Hall–Kier alpha value is -0.260. The second kappa shape index (κ2) is 1.37. The second-order valence-electron chi connectivity index (χ2n) is 3.26. The van der Waals surface area contributed by atoms with Crippen molar-refractivity contribution in [2.24, 2.45) is 11.8 Å². The maximum absolute atomic E-state index is 4.00. The topological polar surface area (TPSA) is 0 Å². The van der Waals surface area contributed by atoms with E-state index in [4.69, 9.17) is 0 Å². The van der Waals surface area contributed by atoms with Gasteiger partial charge in [0.25, 0.3) is 0 Å². The van der Waals surface area contributed by atoms with Crippen LogP contribution in [0, 0.1) is 11.8 Å². The summed E-state index contributed by atoms with van der Waals surface area (Å²) in [4.78, 5) is 0. The Kier molecular flexibility index (Phi) is 0.787. The van der Waals surface area contributed by atoms with Crippen molar-refractivity contribution in [1.29, 1.82) is 0 Å². The molecular weight excluding hydrogens is 96.1 g/mol. The zero-order chi connectivity index (χ0) is 5.56. The summed E-state index contributed by atoms with van der Waals surface area (Å²) in [6.45, 7) is 4.00. The number of allylic oxidation sites excluding steroid dienone is 1. The molecule has 2 aliphatic carbocycles. The zero-order valence-corrected chi connectivity index (χ0v) is 5.19. The predicted molar refractivity (Wildman–Crippen MR) is 34.6 cm³/mol. The summed E-state index contributed by atoms with van der Waals surface area (Å²) in [7, 11) is 0. The first kappa shape index (κ1) is 4.60. The van der Waals surface area contributed by atoms with Crippen LogP contribution in [0.3, 0.4) is 0 Å². The molecule has 44 valence electrons. The van der Waals surface area contributed by atoms with Crippen LogP contribution in [-0.2, 0) is 0 Å². The minimum absolute atomic E-state index is 1.07. The molecule has 8 heavy (non-hydrogen) atoms. The van der Waals surface area contributed by atoms with E-state index >= 15 is 0 Å². The predicted octanol–water partition coefficient (Wildman–Crippen LogP) is 2.36. The van der Waals surface area contributed by atoms with E-state index in [0.29, 0.717) is 0 Å². The molecular formula is C8H12. The van der Waals surface area contributed by atoms with Crippen LogP contribution in [0.2, 0.25) is 0 Å². The van der Waals surface area contributed by atoms with E-state index in [1.165, 1.54) is 31.3 Å². The number of hydrogen-bond donors (Lipinski definition) is 0. The molecule has 2 rings (SSSR count). The average Bonchev–Trinajstić information content (AvgIpc) is 1.91. The Morgan fingerprint density at radius 3 is 1.88 bits per heavy atom. The maximum Gasteiger partial charge on any atom is -0.0292 e. The Morgan fingerprint density at radius 2 is 1.62 bits per heavy atom. The second-order valence-corrected chi connectivity index (χ2v) is 3.26. The van der Waals surface area contributed by atoms with Gasteiger partial charge in [0.05, 0.1) is 0 Å². The highest BCUT2D eigenvalue weighted by atomic mass is 14.4. The highest BCUT2D eigenvalue weighted by molar-refractivity contribution is 5.09. The lowest BCUT2D eigenvalue weighted by Gasteiger charge is -2.28. The molecule has 0 heteroatoms. The summed E-state index contributed by atoms with van der Waals surface area (Å²) in [5.74, 6) is 2.14. The fraction of sp³-hybridized carbons (Fsp3) is 0.750. The van der Waals surface area contributed by atoms with Crippen molar-refractivity contribution in [1.82, 2.24) is 0 Å². The maximum atomic E-state index is 4.00. The summed E-state index contributed by atoms with van der Waals surface area (Å²) in [5, 5.41) is 0. The van der Waals surface area contributed by atoms with Gasteiger partial charge in [-0.15, -0.1) is 0 Å². The molecule has 0 aromatic heterocycles. The van der Waals surface area contributed by atoms with Crippen molar-refractivity contribution in [3.05, 3.63) is 12.2 Å². The van der Waals surface area contributed by atoms with Crippen LogP contribution >= 0.6 is 0 Å². The van der Waals surface area contributed by atoms with Crippen LogP contribution in [0.1, 0.15) is 25.7 Å². The van der Waals surface area contributed by atoms with Crippen molar-refractivity contribution in [3.63, 3.8) is 0 Å². The van der Waals surface area contributed by atoms with Gasteiger partial charge in [0, 0.05) is 0 Å². The van der Waals surface area contributed by atoms with Gasteiger partial charge in [-0.1, -0.05) is 12.2 Å². The van der Waals surface area contributed by atoms with E-state index in [2.05, 4.69) is 6.58 Å². The van der Waals surface area contributed by atoms with E-state index in [9.17, 15) is 0 Å². The van der Waals surface area contributed by atoms with Gasteiger partial charge >= 0.3 is 0 Å². The molecule has 1 unspecified atom stereocenters. The first-order valence-corrected chi connectivity index (χ1v) is 3.53. The summed E-state index contributed by atoms with van der Waals surface area (Å²) in [5.41, 5.74) is 1.51. The molecule has 0 N–H and O–H groups in total. The van der Waals surface area contributed by atoms with Crippen molar-refractivity contribution in [2.45, 2.75) is 25.7 Å². The van der Waals surface area contributed by atoms with Crippen LogP contribution in [0.25, 0.3) is 0 Å².